The van der Waals surface area contributed by atoms with Gasteiger partial charge in [-0.05, 0) is 38.8 Å². The number of aromatic nitrogens is 2. The number of nitrogens with zero attached hydrogens (tertiary/aromatic N) is 3. The molecule has 0 fully saturated rings. The van der Waals surface area contributed by atoms with Crippen molar-refractivity contribution in [2.45, 2.75) is 40.5 Å². The van der Waals surface area contributed by atoms with Crippen LogP contribution in [0.3, 0.4) is 0 Å². The van der Waals surface area contributed by atoms with E-state index in [1.165, 1.54) is 0 Å². The summed E-state index contributed by atoms with van der Waals surface area (Å²) in [4.78, 5) is 27.0. The minimum absolute atomic E-state index is 0.418. The van der Waals surface area contributed by atoms with Gasteiger partial charge in [0.25, 0.3) is 11.7 Å². The normalized spacial score (nSPS) is 10.7. The van der Waals surface area contributed by atoms with Crippen LogP contribution in [0.4, 0.5) is 0 Å². The zero-order valence-electron chi connectivity index (χ0n) is 14.9. The zero-order chi connectivity index (χ0) is 17.7. The van der Waals surface area contributed by atoms with Gasteiger partial charge in [-0.3, -0.25) is 9.59 Å². The molecule has 2 aromatic rings. The average molecular weight is 327 g/mol. The predicted molar refractivity (Wildman–Crippen MR) is 94.5 cm³/mol. The van der Waals surface area contributed by atoms with Crippen LogP contribution in [0.2, 0.25) is 0 Å². The fraction of sp³-hybridized carbons (Fsp3) is 0.421. The molecule has 0 N–H and O–H groups in total. The first-order valence-corrected chi connectivity index (χ1v) is 8.46. The van der Waals surface area contributed by atoms with Gasteiger partial charge in [-0.2, -0.15) is 5.10 Å². The number of carbonyl (C=O) groups excluding carboxylic acids is 2. The monoisotopic (exact) mass is 327 g/mol. The Balaban J connectivity index is 2.36. The Bertz CT molecular complexity index is 714. The van der Waals surface area contributed by atoms with Crippen LogP contribution in [0.25, 0.3) is 5.69 Å². The smallest absolute Gasteiger partial charge is 0.295 e. The maximum absolute atomic E-state index is 12.8. The molecule has 0 aliphatic carbocycles. The predicted octanol–water partition coefficient (Wildman–Crippen LogP) is 3.32. The lowest BCUT2D eigenvalue weighted by Crippen LogP contribution is -2.38. The number of Topliss-reactive ketones (excluding diaryl/α,β-unsaturated/α-hetero) is 1. The summed E-state index contributed by atoms with van der Waals surface area (Å²) in [6.45, 7) is 8.82. The van der Waals surface area contributed by atoms with Gasteiger partial charge in [0.15, 0.2) is 0 Å². The third-order valence-electron chi connectivity index (χ3n) is 3.99. The van der Waals surface area contributed by atoms with Crippen molar-refractivity contribution >= 4 is 11.7 Å². The van der Waals surface area contributed by atoms with Gasteiger partial charge in [-0.15, -0.1) is 0 Å². The summed E-state index contributed by atoms with van der Waals surface area (Å²) in [5.74, 6) is -0.897. The minimum atomic E-state index is -0.464. The zero-order valence-corrected chi connectivity index (χ0v) is 14.9. The molecule has 0 atom stereocenters. The Kier molecular flexibility index (Phi) is 5.90. The molecule has 0 saturated heterocycles. The first-order chi connectivity index (χ1) is 11.5. The first kappa shape index (κ1) is 17.9. The SMILES string of the molecule is CCCN(CCC)C(=O)C(=O)c1c(C)nn(-c2ccccc2)c1C. The van der Waals surface area contributed by atoms with E-state index in [1.54, 1.807) is 16.5 Å². The molecule has 0 aliphatic heterocycles. The van der Waals surface area contributed by atoms with Gasteiger partial charge in [-0.25, -0.2) is 4.68 Å². The molecule has 1 amide bonds. The van der Waals surface area contributed by atoms with E-state index in [1.807, 2.05) is 51.1 Å². The molecule has 0 bridgehead atoms. The molecule has 5 nitrogen and oxygen atoms in total. The quantitative estimate of drug-likeness (QED) is 0.579. The van der Waals surface area contributed by atoms with E-state index in [4.69, 9.17) is 0 Å². The molecule has 0 spiro atoms. The highest BCUT2D eigenvalue weighted by molar-refractivity contribution is 6.43. The molecule has 0 radical (unpaired) electrons. The van der Waals surface area contributed by atoms with Crippen molar-refractivity contribution in [2.75, 3.05) is 13.1 Å². The van der Waals surface area contributed by atoms with E-state index in [9.17, 15) is 9.59 Å². The van der Waals surface area contributed by atoms with Crippen LogP contribution in [0, 0.1) is 13.8 Å². The van der Waals surface area contributed by atoms with Crippen molar-refractivity contribution in [1.29, 1.82) is 0 Å². The maximum Gasteiger partial charge on any atom is 0.295 e. The highest BCUT2D eigenvalue weighted by Gasteiger charge is 2.28. The van der Waals surface area contributed by atoms with Gasteiger partial charge < -0.3 is 4.90 Å². The van der Waals surface area contributed by atoms with E-state index in [-0.39, 0.29) is 0 Å². The van der Waals surface area contributed by atoms with Gasteiger partial charge in [0.1, 0.15) is 0 Å². The standard InChI is InChI=1S/C19H25N3O2/c1-5-12-21(13-6-2)19(24)18(23)17-14(3)20-22(15(17)4)16-10-8-7-9-11-16/h7-11H,5-6,12-13H2,1-4H3. The molecular weight excluding hydrogens is 302 g/mol. The number of hydrogen-bond donors (Lipinski definition) is 0. The highest BCUT2D eigenvalue weighted by atomic mass is 16.2. The number of para-hydroxylation sites is 1. The Hall–Kier alpha value is -2.43. The molecule has 128 valence electrons. The maximum atomic E-state index is 12.8. The Morgan fingerprint density at radius 3 is 2.17 bits per heavy atom. The number of aryl methyl sites for hydroxylation is 1. The van der Waals surface area contributed by atoms with Crippen LogP contribution in [0.1, 0.15) is 48.4 Å². The van der Waals surface area contributed by atoms with E-state index >= 15 is 0 Å². The van der Waals surface area contributed by atoms with Gasteiger partial charge in [0.2, 0.25) is 0 Å². The largest absolute Gasteiger partial charge is 0.336 e. The average Bonchev–Trinajstić information content (AvgIpc) is 2.88. The van der Waals surface area contributed by atoms with Crippen LogP contribution in [-0.4, -0.2) is 39.5 Å². The molecule has 24 heavy (non-hydrogen) atoms. The molecule has 0 saturated carbocycles. The van der Waals surface area contributed by atoms with Crippen LogP contribution < -0.4 is 0 Å². The number of hydrogen-bond acceptors (Lipinski definition) is 3. The summed E-state index contributed by atoms with van der Waals surface area (Å²) < 4.78 is 1.72. The fourth-order valence-corrected chi connectivity index (χ4v) is 2.90. The van der Waals surface area contributed by atoms with Crippen LogP contribution in [0.5, 0.6) is 0 Å². The lowest BCUT2D eigenvalue weighted by molar-refractivity contribution is -0.126. The highest BCUT2D eigenvalue weighted by Crippen LogP contribution is 2.19. The van der Waals surface area contributed by atoms with Gasteiger partial charge >= 0.3 is 0 Å². The second kappa shape index (κ2) is 7.90. The molecule has 5 heteroatoms. The topological polar surface area (TPSA) is 55.2 Å². The van der Waals surface area contributed by atoms with Crippen LogP contribution in [-0.2, 0) is 4.79 Å². The molecule has 1 aromatic carbocycles. The van der Waals surface area contributed by atoms with Crippen molar-refractivity contribution in [3.63, 3.8) is 0 Å². The minimum Gasteiger partial charge on any atom is -0.336 e. The van der Waals surface area contributed by atoms with Crippen molar-refractivity contribution in [2.24, 2.45) is 0 Å². The van der Waals surface area contributed by atoms with Crippen molar-refractivity contribution in [1.82, 2.24) is 14.7 Å². The van der Waals surface area contributed by atoms with Crippen LogP contribution >= 0.6 is 0 Å². The number of carbonyl (C=O) groups is 2. The fourth-order valence-electron chi connectivity index (χ4n) is 2.90. The first-order valence-electron chi connectivity index (χ1n) is 8.46. The second-order valence-electron chi connectivity index (χ2n) is 5.91. The van der Waals surface area contributed by atoms with Crippen molar-refractivity contribution < 1.29 is 9.59 Å². The number of ketones is 1. The Morgan fingerprint density at radius 2 is 1.62 bits per heavy atom. The third-order valence-corrected chi connectivity index (χ3v) is 3.99. The molecule has 1 aromatic heterocycles. The van der Waals surface area contributed by atoms with Crippen molar-refractivity contribution in [3.05, 3.63) is 47.3 Å². The van der Waals surface area contributed by atoms with Gasteiger partial charge in [0, 0.05) is 13.1 Å². The lowest BCUT2D eigenvalue weighted by Gasteiger charge is -2.20. The van der Waals surface area contributed by atoms with Gasteiger partial charge in [-0.1, -0.05) is 32.0 Å². The molecule has 0 aliphatic rings. The molecule has 2 rings (SSSR count). The molecular formula is C19H25N3O2. The summed E-state index contributed by atoms with van der Waals surface area (Å²) in [6, 6.07) is 9.62. The van der Waals surface area contributed by atoms with E-state index < -0.39 is 11.7 Å². The summed E-state index contributed by atoms with van der Waals surface area (Å²) in [7, 11) is 0. The van der Waals surface area contributed by atoms with E-state index in [0.29, 0.717) is 30.0 Å². The van der Waals surface area contributed by atoms with E-state index in [0.717, 1.165) is 18.5 Å². The second-order valence-corrected chi connectivity index (χ2v) is 5.91. The summed E-state index contributed by atoms with van der Waals surface area (Å²) >= 11 is 0. The molecule has 0 unspecified atom stereocenters. The lowest BCUT2D eigenvalue weighted by atomic mass is 10.1. The third kappa shape index (κ3) is 3.55. The Morgan fingerprint density at radius 1 is 1.04 bits per heavy atom. The summed E-state index contributed by atoms with van der Waals surface area (Å²) in [5.41, 5.74) is 2.58. The summed E-state index contributed by atoms with van der Waals surface area (Å²) in [6.07, 6.45) is 1.67. The number of rotatable bonds is 7. The van der Waals surface area contributed by atoms with Crippen molar-refractivity contribution in [3.8, 4) is 5.69 Å². The van der Waals surface area contributed by atoms with Gasteiger partial charge in [0.05, 0.1) is 22.6 Å². The summed E-state index contributed by atoms with van der Waals surface area (Å²) in [5, 5.41) is 4.46. The number of amides is 1. The number of benzene rings is 1. The van der Waals surface area contributed by atoms with Crippen LogP contribution in [0.15, 0.2) is 30.3 Å². The molecule has 1 heterocycles. The van der Waals surface area contributed by atoms with E-state index in [2.05, 4.69) is 5.10 Å². The Labute approximate surface area is 143 Å².